The summed E-state index contributed by atoms with van der Waals surface area (Å²) in [4.78, 5) is 31.0. The predicted octanol–water partition coefficient (Wildman–Crippen LogP) is 5.52. The zero-order chi connectivity index (χ0) is 25.9. The quantitative estimate of drug-likeness (QED) is 0.391. The van der Waals surface area contributed by atoms with E-state index in [0.29, 0.717) is 13.1 Å². The van der Waals surface area contributed by atoms with Crippen molar-refractivity contribution in [2.75, 3.05) is 24.5 Å². The average molecular weight is 510 g/mol. The normalized spacial score (nSPS) is 17.1. The molecule has 0 aliphatic carbocycles. The fraction of sp³-hybridized carbons (Fsp3) is 0.538. The van der Waals surface area contributed by atoms with Crippen LogP contribution in [0.2, 0.25) is 0 Å². The summed E-state index contributed by atoms with van der Waals surface area (Å²) < 4.78 is 7.43. The average Bonchev–Trinajstić information content (AvgIpc) is 3.48. The van der Waals surface area contributed by atoms with Crippen LogP contribution in [0, 0.1) is 13.8 Å². The van der Waals surface area contributed by atoms with Crippen molar-refractivity contribution in [2.45, 2.75) is 73.0 Å². The minimum absolute atomic E-state index is 0.142. The molecule has 1 N–H and O–H groups in total. The smallest absolute Gasteiger partial charge is 0.410 e. The number of nitrogens with one attached hydrogen (secondary N) is 1. The topological polar surface area (TPSA) is 91.7 Å². The van der Waals surface area contributed by atoms with Gasteiger partial charge in [-0.1, -0.05) is 25.2 Å². The minimum atomic E-state index is -0.494. The molecule has 36 heavy (non-hydrogen) atoms. The number of aromatic nitrogens is 5. The van der Waals surface area contributed by atoms with Crippen molar-refractivity contribution in [3.63, 3.8) is 0 Å². The number of rotatable bonds is 3. The molecular formula is C26H35N7O2S. The van der Waals surface area contributed by atoms with E-state index in [4.69, 9.17) is 9.72 Å². The van der Waals surface area contributed by atoms with E-state index in [2.05, 4.69) is 60.8 Å². The maximum atomic E-state index is 12.6. The van der Waals surface area contributed by atoms with E-state index < -0.39 is 5.60 Å². The highest BCUT2D eigenvalue weighted by molar-refractivity contribution is 7.21. The lowest BCUT2D eigenvalue weighted by atomic mass is 9.96. The van der Waals surface area contributed by atoms with E-state index in [1.54, 1.807) is 22.6 Å². The zero-order valence-corrected chi connectivity index (χ0v) is 23.2. The Balaban J connectivity index is 1.47. The van der Waals surface area contributed by atoms with Gasteiger partial charge in [-0.2, -0.15) is 5.10 Å². The van der Waals surface area contributed by atoms with Crippen LogP contribution in [0.4, 0.5) is 9.93 Å². The van der Waals surface area contributed by atoms with Crippen molar-refractivity contribution in [2.24, 2.45) is 0 Å². The summed E-state index contributed by atoms with van der Waals surface area (Å²) in [6, 6.07) is 0.142. The van der Waals surface area contributed by atoms with Crippen molar-refractivity contribution in [3.05, 3.63) is 29.2 Å². The Kier molecular flexibility index (Phi) is 5.97. The Morgan fingerprint density at radius 3 is 2.64 bits per heavy atom. The van der Waals surface area contributed by atoms with Gasteiger partial charge in [0.05, 0.1) is 5.69 Å². The van der Waals surface area contributed by atoms with E-state index in [0.717, 1.165) is 44.5 Å². The van der Waals surface area contributed by atoms with Gasteiger partial charge in [-0.3, -0.25) is 0 Å². The summed E-state index contributed by atoms with van der Waals surface area (Å²) in [6.07, 6.45) is 3.41. The van der Waals surface area contributed by atoms with Gasteiger partial charge < -0.3 is 19.5 Å². The van der Waals surface area contributed by atoms with Crippen molar-refractivity contribution in [1.29, 1.82) is 0 Å². The van der Waals surface area contributed by atoms with Crippen LogP contribution in [-0.2, 0) is 4.74 Å². The Morgan fingerprint density at radius 1 is 1.22 bits per heavy atom. The second-order valence-electron chi connectivity index (χ2n) is 11.0. The van der Waals surface area contributed by atoms with E-state index >= 15 is 0 Å². The van der Waals surface area contributed by atoms with Gasteiger partial charge >= 0.3 is 6.09 Å². The molecule has 9 nitrogen and oxygen atoms in total. The van der Waals surface area contributed by atoms with Crippen LogP contribution in [0.25, 0.3) is 27.3 Å². The van der Waals surface area contributed by atoms with Crippen LogP contribution in [0.3, 0.4) is 0 Å². The number of amides is 1. The highest BCUT2D eigenvalue weighted by Crippen LogP contribution is 2.41. The Hall–Kier alpha value is -3.14. The van der Waals surface area contributed by atoms with Gasteiger partial charge in [0.15, 0.2) is 10.8 Å². The molecule has 1 amide bonds. The highest BCUT2D eigenvalue weighted by atomic mass is 32.1. The van der Waals surface area contributed by atoms with Crippen molar-refractivity contribution < 1.29 is 9.53 Å². The van der Waals surface area contributed by atoms with Crippen LogP contribution < -0.4 is 4.90 Å². The lowest BCUT2D eigenvalue weighted by Crippen LogP contribution is -2.54. The first-order valence-corrected chi connectivity index (χ1v) is 13.3. The third kappa shape index (κ3) is 4.21. The second-order valence-corrected chi connectivity index (χ2v) is 12.0. The first-order valence-electron chi connectivity index (χ1n) is 12.5. The second kappa shape index (κ2) is 8.76. The van der Waals surface area contributed by atoms with Crippen LogP contribution in [0.5, 0.6) is 0 Å². The van der Waals surface area contributed by atoms with Crippen LogP contribution in [0.15, 0.2) is 12.5 Å². The minimum Gasteiger partial charge on any atom is -0.444 e. The number of hydrogen-bond acceptors (Lipinski definition) is 7. The van der Waals surface area contributed by atoms with E-state index in [1.807, 2.05) is 25.3 Å². The maximum absolute atomic E-state index is 12.6. The van der Waals surface area contributed by atoms with Gasteiger partial charge in [-0.25, -0.2) is 19.3 Å². The molecule has 1 fully saturated rings. The molecule has 1 aliphatic heterocycles. The first kappa shape index (κ1) is 24.5. The van der Waals surface area contributed by atoms with Gasteiger partial charge in [0.25, 0.3) is 0 Å². The lowest BCUT2D eigenvalue weighted by molar-refractivity contribution is 0.0219. The number of carbonyl (C=O) groups excluding carboxylic acids is 1. The number of anilines is 1. The molecular weight excluding hydrogens is 474 g/mol. The molecule has 0 saturated carbocycles. The molecule has 0 spiro atoms. The third-order valence-corrected chi connectivity index (χ3v) is 7.88. The van der Waals surface area contributed by atoms with Gasteiger partial charge in [0.2, 0.25) is 0 Å². The number of fused-ring (bicyclic) bond motifs is 2. The summed E-state index contributed by atoms with van der Waals surface area (Å²) in [5.74, 6) is 0.288. The number of hydrogen-bond donors (Lipinski definition) is 1. The number of H-pyrrole nitrogens is 1. The van der Waals surface area contributed by atoms with E-state index in [9.17, 15) is 4.79 Å². The molecule has 5 heterocycles. The lowest BCUT2D eigenvalue weighted by Gasteiger charge is -2.40. The standard InChI is InChI=1S/C26H35N7O2S/c1-14(2)19-20(18-12-33-22(27-13-28-33)17(5)16(18)4)29-23-21(19)30-24(36-23)32-10-9-31(11-15(32)3)25(34)35-26(6,7)8/h12-15,29H,9-11H2,1-8H3/t15-/m0/s1. The van der Waals surface area contributed by atoms with Gasteiger partial charge in [0.1, 0.15) is 22.3 Å². The number of thiazole rings is 1. The molecule has 1 atom stereocenters. The number of nitrogens with zero attached hydrogens (tertiary/aromatic N) is 6. The molecule has 1 aliphatic rings. The Bertz CT molecular complexity index is 1440. The van der Waals surface area contributed by atoms with Gasteiger partial charge in [-0.05, 0) is 58.6 Å². The molecule has 4 aromatic heterocycles. The summed E-state index contributed by atoms with van der Waals surface area (Å²) in [5, 5.41) is 5.37. The molecule has 4 aromatic rings. The number of pyridine rings is 1. The number of aromatic amines is 1. The van der Waals surface area contributed by atoms with Gasteiger partial charge in [-0.15, -0.1) is 0 Å². The number of piperazine rings is 1. The summed E-state index contributed by atoms with van der Waals surface area (Å²) in [5.41, 5.74) is 7.18. The van der Waals surface area contributed by atoms with Crippen LogP contribution in [-0.4, -0.2) is 66.8 Å². The molecule has 0 bridgehead atoms. The molecule has 0 aromatic carbocycles. The monoisotopic (exact) mass is 509 g/mol. The summed E-state index contributed by atoms with van der Waals surface area (Å²) in [6.45, 7) is 18.4. The zero-order valence-electron chi connectivity index (χ0n) is 22.3. The molecule has 10 heteroatoms. The Morgan fingerprint density at radius 2 is 1.97 bits per heavy atom. The van der Waals surface area contributed by atoms with Gasteiger partial charge in [0, 0.05) is 43.0 Å². The summed E-state index contributed by atoms with van der Waals surface area (Å²) in [7, 11) is 0. The number of aryl methyl sites for hydroxylation is 1. The first-order chi connectivity index (χ1) is 16.9. The molecule has 192 valence electrons. The molecule has 0 unspecified atom stereocenters. The maximum Gasteiger partial charge on any atom is 0.410 e. The summed E-state index contributed by atoms with van der Waals surface area (Å²) >= 11 is 1.68. The number of ether oxygens (including phenoxy) is 1. The largest absolute Gasteiger partial charge is 0.444 e. The molecule has 0 radical (unpaired) electrons. The SMILES string of the molecule is Cc1c(-c2[nH]c3sc(N4CCN(C(=O)OC(C)(C)C)C[C@@H]4C)nc3c2C(C)C)cn2ncnc2c1C. The van der Waals surface area contributed by atoms with E-state index in [1.165, 1.54) is 11.1 Å². The third-order valence-electron chi connectivity index (χ3n) is 6.88. The fourth-order valence-corrected chi connectivity index (χ4v) is 6.07. The molecule has 5 rings (SSSR count). The van der Waals surface area contributed by atoms with Crippen molar-refractivity contribution in [1.82, 2.24) is 29.5 Å². The van der Waals surface area contributed by atoms with Crippen LogP contribution >= 0.6 is 11.3 Å². The Labute approximate surface area is 215 Å². The van der Waals surface area contributed by atoms with E-state index in [-0.39, 0.29) is 18.1 Å². The van der Waals surface area contributed by atoms with Crippen molar-refractivity contribution in [3.8, 4) is 11.3 Å². The highest BCUT2D eigenvalue weighted by Gasteiger charge is 2.32. The van der Waals surface area contributed by atoms with Crippen molar-refractivity contribution >= 4 is 38.6 Å². The van der Waals surface area contributed by atoms with Crippen LogP contribution in [0.1, 0.15) is 64.2 Å². The molecule has 1 saturated heterocycles. The fourth-order valence-electron chi connectivity index (χ4n) is 4.96. The number of carbonyl (C=O) groups is 1. The predicted molar refractivity (Wildman–Crippen MR) is 144 cm³/mol.